The molecule has 57 heavy (non-hydrogen) atoms. The fraction of sp³-hybridized carbons (Fsp3) is 0.264. The van der Waals surface area contributed by atoms with Crippen molar-refractivity contribution in [2.75, 3.05) is 4.90 Å². The van der Waals surface area contributed by atoms with Crippen molar-refractivity contribution in [1.29, 1.82) is 0 Å². The van der Waals surface area contributed by atoms with Crippen molar-refractivity contribution >= 4 is 16.7 Å². The fourth-order valence-electron chi connectivity index (χ4n) is 9.82. The van der Waals surface area contributed by atoms with Gasteiger partial charge in [-0.25, -0.2) is 4.57 Å². The summed E-state index contributed by atoms with van der Waals surface area (Å²) >= 11 is 0. The van der Waals surface area contributed by atoms with Crippen molar-refractivity contribution < 1.29 is 4.57 Å². The van der Waals surface area contributed by atoms with Crippen molar-refractivity contribution in [3.05, 3.63) is 196 Å². The molecular weight excluding hydrogens is 693 g/mol. The topological polar surface area (TPSA) is 15.3 Å². The second-order valence-electron chi connectivity index (χ2n) is 16.7. The standard InChI is InChI=1S/C53H57N4/c1-35(2)43-26-19-27-44(36(3)4)51(43)57-49-32-17-16-31-48(49)54(10)52(57)45-28-20-30-47(40(45)8)53(42-24-12-11-13-25-42,46-29-15-14-21-37(46)5)56-34-33-55(41(56)9)50-38(6)22-18-23-39(50)7/h11-36,41H,1-10H3/q+1/t41-,53?/m0/s1. The van der Waals surface area contributed by atoms with Gasteiger partial charge in [0.15, 0.2) is 11.0 Å². The van der Waals surface area contributed by atoms with E-state index in [1.807, 2.05) is 0 Å². The van der Waals surface area contributed by atoms with E-state index in [1.54, 1.807) is 0 Å². The van der Waals surface area contributed by atoms with Crippen molar-refractivity contribution in [1.82, 2.24) is 9.47 Å². The molecule has 4 heteroatoms. The molecule has 0 spiro atoms. The minimum Gasteiger partial charge on any atom is -0.338 e. The van der Waals surface area contributed by atoms with Gasteiger partial charge in [0.05, 0.1) is 12.6 Å². The highest BCUT2D eigenvalue weighted by molar-refractivity contribution is 5.81. The van der Waals surface area contributed by atoms with Gasteiger partial charge in [-0.1, -0.05) is 143 Å². The maximum absolute atomic E-state index is 2.61. The number of hydrogen-bond acceptors (Lipinski definition) is 2. The monoisotopic (exact) mass is 749 g/mol. The number of para-hydroxylation sites is 4. The zero-order valence-corrected chi connectivity index (χ0v) is 35.4. The van der Waals surface area contributed by atoms with Crippen LogP contribution in [0.1, 0.15) is 96.5 Å². The number of imidazole rings is 1. The number of hydrogen-bond donors (Lipinski definition) is 0. The Morgan fingerprint density at radius 3 is 1.79 bits per heavy atom. The van der Waals surface area contributed by atoms with Gasteiger partial charge in [-0.15, -0.1) is 0 Å². The molecule has 0 saturated heterocycles. The predicted molar refractivity (Wildman–Crippen MR) is 239 cm³/mol. The van der Waals surface area contributed by atoms with E-state index in [0.29, 0.717) is 11.8 Å². The summed E-state index contributed by atoms with van der Waals surface area (Å²) in [5.74, 6) is 1.88. The first-order valence-electron chi connectivity index (χ1n) is 20.6. The Balaban J connectivity index is 1.47. The second-order valence-corrected chi connectivity index (χ2v) is 16.7. The third-order valence-electron chi connectivity index (χ3n) is 12.5. The minimum atomic E-state index is -0.678. The molecule has 0 N–H and O–H groups in total. The lowest BCUT2D eigenvalue weighted by Gasteiger charge is -2.48. The Morgan fingerprint density at radius 2 is 1.12 bits per heavy atom. The van der Waals surface area contributed by atoms with Crippen molar-refractivity contribution in [2.45, 2.75) is 85.9 Å². The highest BCUT2D eigenvalue weighted by Crippen LogP contribution is 2.50. The molecule has 2 atom stereocenters. The van der Waals surface area contributed by atoms with Gasteiger partial charge in [-0.05, 0) is 104 Å². The summed E-state index contributed by atoms with van der Waals surface area (Å²) in [4.78, 5) is 5.08. The molecule has 1 aliphatic heterocycles. The van der Waals surface area contributed by atoms with Crippen LogP contribution < -0.4 is 9.47 Å². The van der Waals surface area contributed by atoms with Gasteiger partial charge >= 0.3 is 0 Å². The molecule has 0 saturated carbocycles. The zero-order valence-electron chi connectivity index (χ0n) is 35.4. The minimum absolute atomic E-state index is 0.00162. The Morgan fingerprint density at radius 1 is 0.561 bits per heavy atom. The molecule has 0 amide bonds. The summed E-state index contributed by atoms with van der Waals surface area (Å²) in [6.45, 7) is 20.7. The number of anilines is 1. The van der Waals surface area contributed by atoms with Crippen LogP contribution in [0, 0.1) is 27.7 Å². The lowest BCUT2D eigenvalue weighted by molar-refractivity contribution is -0.633. The van der Waals surface area contributed by atoms with Gasteiger partial charge in [0.25, 0.3) is 5.82 Å². The zero-order chi connectivity index (χ0) is 40.2. The maximum Gasteiger partial charge on any atom is 0.295 e. The summed E-state index contributed by atoms with van der Waals surface area (Å²) in [6, 6.07) is 49.6. The molecule has 1 aromatic heterocycles. The first-order chi connectivity index (χ1) is 27.5. The molecule has 8 rings (SSSR count). The number of aromatic nitrogens is 2. The van der Waals surface area contributed by atoms with E-state index in [0.717, 1.165) is 0 Å². The first-order valence-corrected chi connectivity index (χ1v) is 20.6. The molecule has 288 valence electrons. The molecule has 7 aromatic rings. The summed E-state index contributed by atoms with van der Waals surface area (Å²) < 4.78 is 4.99. The number of rotatable bonds is 9. The maximum atomic E-state index is 2.61. The SMILES string of the molecule is Cc1ccccc1C(c1ccccc1)(c1cccc(-c2n(-c3c(C(C)C)cccc3C(C)C)c3ccccc3[n+]2C)c1C)N1C=CN(c2c(C)cccc2C)[C@@H]1C. The van der Waals surface area contributed by atoms with Crippen LogP contribution in [0.5, 0.6) is 0 Å². The average Bonchev–Trinajstić information content (AvgIpc) is 3.72. The van der Waals surface area contributed by atoms with Gasteiger partial charge in [-0.3, -0.25) is 0 Å². The summed E-state index contributed by atoms with van der Waals surface area (Å²) in [5, 5.41) is 0. The molecule has 6 aromatic carbocycles. The average molecular weight is 750 g/mol. The summed E-state index contributed by atoms with van der Waals surface area (Å²) in [6.07, 6.45) is 4.64. The number of nitrogens with zero attached hydrogens (tertiary/aromatic N) is 4. The molecule has 2 heterocycles. The molecule has 0 radical (unpaired) electrons. The van der Waals surface area contributed by atoms with E-state index in [9.17, 15) is 0 Å². The van der Waals surface area contributed by atoms with Crippen LogP contribution in [0.4, 0.5) is 5.69 Å². The van der Waals surface area contributed by atoms with Crippen LogP contribution in [-0.2, 0) is 12.6 Å². The molecule has 0 aliphatic carbocycles. The molecule has 0 bridgehead atoms. The quantitative estimate of drug-likeness (QED) is 0.108. The van der Waals surface area contributed by atoms with Crippen LogP contribution in [-0.4, -0.2) is 15.6 Å². The largest absolute Gasteiger partial charge is 0.338 e. The van der Waals surface area contributed by atoms with E-state index >= 15 is 0 Å². The highest BCUT2D eigenvalue weighted by Gasteiger charge is 2.48. The van der Waals surface area contributed by atoms with E-state index in [4.69, 9.17) is 0 Å². The van der Waals surface area contributed by atoms with Gasteiger partial charge in [0.2, 0.25) is 0 Å². The van der Waals surface area contributed by atoms with Gasteiger partial charge in [0.1, 0.15) is 17.4 Å². The Hall–Kier alpha value is -5.87. The van der Waals surface area contributed by atoms with E-state index in [1.165, 1.54) is 83.9 Å². The Kier molecular flexibility index (Phi) is 9.94. The number of fused-ring (bicyclic) bond motifs is 1. The smallest absolute Gasteiger partial charge is 0.295 e. The van der Waals surface area contributed by atoms with E-state index < -0.39 is 5.54 Å². The second kappa shape index (κ2) is 14.9. The summed E-state index contributed by atoms with van der Waals surface area (Å²) in [7, 11) is 2.24. The van der Waals surface area contributed by atoms with Crippen molar-refractivity contribution in [3.8, 4) is 17.1 Å². The summed E-state index contributed by atoms with van der Waals surface area (Å²) in [5.41, 5.74) is 17.1. The predicted octanol–water partition coefficient (Wildman–Crippen LogP) is 12.5. The van der Waals surface area contributed by atoms with Gasteiger partial charge < -0.3 is 9.80 Å². The lowest BCUT2D eigenvalue weighted by atomic mass is 9.72. The number of benzene rings is 6. The van der Waals surface area contributed by atoms with E-state index in [-0.39, 0.29) is 6.17 Å². The molecule has 0 fully saturated rings. The molecule has 4 nitrogen and oxygen atoms in total. The Bertz CT molecular complexity index is 2580. The van der Waals surface area contributed by atoms with Gasteiger partial charge in [-0.2, -0.15) is 4.57 Å². The molecule has 1 unspecified atom stereocenters. The van der Waals surface area contributed by atoms with Crippen LogP contribution in [0.25, 0.3) is 28.1 Å². The highest BCUT2D eigenvalue weighted by atomic mass is 15.4. The van der Waals surface area contributed by atoms with Crippen LogP contribution in [0.2, 0.25) is 0 Å². The van der Waals surface area contributed by atoms with Gasteiger partial charge in [0, 0.05) is 29.2 Å². The van der Waals surface area contributed by atoms with E-state index in [2.05, 4.69) is 234 Å². The third-order valence-corrected chi connectivity index (χ3v) is 12.5. The van der Waals surface area contributed by atoms with Crippen molar-refractivity contribution in [2.24, 2.45) is 7.05 Å². The van der Waals surface area contributed by atoms with Crippen molar-refractivity contribution in [3.63, 3.8) is 0 Å². The fourth-order valence-corrected chi connectivity index (χ4v) is 9.82. The third kappa shape index (κ3) is 6.00. The lowest BCUT2D eigenvalue weighted by Crippen LogP contribution is -2.52. The Labute approximate surface area is 340 Å². The normalized spacial score (nSPS) is 15.3. The first kappa shape index (κ1) is 38.0. The number of aryl methyl sites for hydroxylation is 4. The molecular formula is C53H57N4+. The van der Waals surface area contributed by atoms with Crippen LogP contribution in [0.15, 0.2) is 146 Å². The van der Waals surface area contributed by atoms with Crippen LogP contribution in [0.3, 0.4) is 0 Å². The molecule has 1 aliphatic rings. The van der Waals surface area contributed by atoms with Crippen LogP contribution >= 0.6 is 0 Å².